The fraction of sp³-hybridized carbons (Fsp3) is 0.120. The van der Waals surface area contributed by atoms with Crippen LogP contribution in [0, 0.1) is 10.1 Å². The molecule has 1 amide bonds. The molecule has 0 spiro atoms. The lowest BCUT2D eigenvalue weighted by molar-refractivity contribution is -0.384. The van der Waals surface area contributed by atoms with Crippen molar-refractivity contribution in [2.75, 3.05) is 7.11 Å². The zero-order valence-corrected chi connectivity index (χ0v) is 21.7. The summed E-state index contributed by atoms with van der Waals surface area (Å²) in [6.07, 6.45) is 1.79. The highest BCUT2D eigenvalue weighted by atomic mass is 79.9. The van der Waals surface area contributed by atoms with Crippen LogP contribution in [0.3, 0.4) is 0 Å². The molecule has 7 nitrogen and oxygen atoms in total. The molecule has 0 aliphatic carbocycles. The number of benzene rings is 3. The first-order valence-corrected chi connectivity index (χ1v) is 12.4. The Balaban J connectivity index is 1.43. The summed E-state index contributed by atoms with van der Waals surface area (Å²) in [4.78, 5) is 25.6. The highest BCUT2D eigenvalue weighted by Gasteiger charge is 2.32. The van der Waals surface area contributed by atoms with Crippen molar-refractivity contribution in [1.29, 1.82) is 0 Å². The van der Waals surface area contributed by atoms with E-state index in [4.69, 9.17) is 21.7 Å². The molecule has 0 bridgehead atoms. The van der Waals surface area contributed by atoms with Crippen LogP contribution in [0.2, 0.25) is 0 Å². The van der Waals surface area contributed by atoms with Gasteiger partial charge in [-0.2, -0.15) is 0 Å². The van der Waals surface area contributed by atoms with Gasteiger partial charge in [0.2, 0.25) is 0 Å². The number of hydrogen-bond donors (Lipinski definition) is 0. The molecule has 1 fully saturated rings. The molecule has 10 heteroatoms. The van der Waals surface area contributed by atoms with Gasteiger partial charge in [-0.1, -0.05) is 54.3 Å². The van der Waals surface area contributed by atoms with Crippen LogP contribution in [-0.2, 0) is 17.9 Å². The zero-order chi connectivity index (χ0) is 24.9. The number of thioether (sulfide) groups is 1. The lowest BCUT2D eigenvalue weighted by atomic mass is 10.2. The Morgan fingerprint density at radius 1 is 1.11 bits per heavy atom. The Labute approximate surface area is 220 Å². The third kappa shape index (κ3) is 6.08. The normalized spacial score (nSPS) is 14.5. The number of methoxy groups -OCH3 is 1. The first-order chi connectivity index (χ1) is 16.8. The number of carbonyl (C=O) groups is 1. The van der Waals surface area contributed by atoms with Crippen LogP contribution < -0.4 is 9.47 Å². The number of non-ortho nitro benzene ring substituents is 1. The molecule has 3 aromatic carbocycles. The maximum Gasteiger partial charge on any atom is 0.269 e. The number of nitrogens with zero attached hydrogens (tertiary/aromatic N) is 2. The van der Waals surface area contributed by atoms with Gasteiger partial charge in [-0.25, -0.2) is 0 Å². The quantitative estimate of drug-likeness (QED) is 0.135. The molecule has 1 aliphatic heterocycles. The number of nitro groups is 1. The molecule has 35 heavy (non-hydrogen) atoms. The van der Waals surface area contributed by atoms with Gasteiger partial charge in [0.05, 0.1) is 28.0 Å². The minimum absolute atomic E-state index is 0.0184. The number of hydrogen-bond acceptors (Lipinski definition) is 7. The third-order valence-corrected chi connectivity index (χ3v) is 7.14. The topological polar surface area (TPSA) is 81.9 Å². The lowest BCUT2D eigenvalue weighted by Gasteiger charge is -2.14. The van der Waals surface area contributed by atoms with Crippen LogP contribution in [0.25, 0.3) is 6.08 Å². The summed E-state index contributed by atoms with van der Waals surface area (Å²) in [5, 5.41) is 11.0. The SMILES string of the molecule is COc1ccc(CN2C(=O)/C(=C/c3ccc(OCc4cccc([N+](=O)[O-])c4)c(Br)c3)SC2=S)cc1. The van der Waals surface area contributed by atoms with Gasteiger partial charge < -0.3 is 9.47 Å². The zero-order valence-electron chi connectivity index (χ0n) is 18.5. The summed E-state index contributed by atoms with van der Waals surface area (Å²) in [7, 11) is 1.61. The summed E-state index contributed by atoms with van der Waals surface area (Å²) in [5.41, 5.74) is 2.47. The Bertz CT molecular complexity index is 1330. The van der Waals surface area contributed by atoms with Gasteiger partial charge in [0.15, 0.2) is 0 Å². The molecule has 1 aliphatic rings. The molecule has 0 N–H and O–H groups in total. The summed E-state index contributed by atoms with van der Waals surface area (Å²) < 4.78 is 12.2. The summed E-state index contributed by atoms with van der Waals surface area (Å²) in [5.74, 6) is 1.20. The van der Waals surface area contributed by atoms with Gasteiger partial charge in [-0.15, -0.1) is 0 Å². The first kappa shape index (κ1) is 24.9. The van der Waals surface area contributed by atoms with E-state index in [0.29, 0.717) is 31.6 Å². The van der Waals surface area contributed by atoms with Crippen LogP contribution in [0.5, 0.6) is 11.5 Å². The monoisotopic (exact) mass is 570 g/mol. The standard InChI is InChI=1S/C25H19BrN2O5S2/c1-32-20-8-5-16(6-9-20)14-27-24(29)23(35-25(27)34)13-17-7-10-22(21(26)12-17)33-15-18-3-2-4-19(11-18)28(30)31/h2-13H,14-15H2,1H3/b23-13-. The van der Waals surface area contributed by atoms with Gasteiger partial charge in [0.25, 0.3) is 11.6 Å². The van der Waals surface area contributed by atoms with Crippen LogP contribution in [0.15, 0.2) is 76.1 Å². The van der Waals surface area contributed by atoms with Gasteiger partial charge in [-0.3, -0.25) is 19.8 Å². The molecule has 3 aromatic rings. The smallest absolute Gasteiger partial charge is 0.269 e. The fourth-order valence-electron chi connectivity index (χ4n) is 3.35. The van der Waals surface area contributed by atoms with Crippen molar-refractivity contribution in [2.24, 2.45) is 0 Å². The number of amides is 1. The van der Waals surface area contributed by atoms with E-state index in [9.17, 15) is 14.9 Å². The average molecular weight is 571 g/mol. The molecule has 1 heterocycles. The summed E-state index contributed by atoms with van der Waals surface area (Å²) in [6, 6.07) is 19.3. The first-order valence-electron chi connectivity index (χ1n) is 10.4. The molecule has 1 saturated heterocycles. The van der Waals surface area contributed by atoms with Gasteiger partial charge in [0, 0.05) is 12.1 Å². The van der Waals surface area contributed by atoms with Crippen LogP contribution in [-0.4, -0.2) is 27.2 Å². The molecule has 0 saturated carbocycles. The van der Waals surface area contributed by atoms with Gasteiger partial charge in [0.1, 0.15) is 22.4 Å². The molecular weight excluding hydrogens is 552 g/mol. The lowest BCUT2D eigenvalue weighted by Crippen LogP contribution is -2.27. The Morgan fingerprint density at radius 3 is 2.57 bits per heavy atom. The largest absolute Gasteiger partial charge is 0.497 e. The third-order valence-electron chi connectivity index (χ3n) is 5.14. The van der Waals surface area contributed by atoms with Crippen molar-refractivity contribution >= 4 is 61.9 Å². The number of nitro benzene ring substituents is 1. The number of thiocarbonyl (C=S) groups is 1. The Kier molecular flexibility index (Phi) is 7.84. The predicted molar refractivity (Wildman–Crippen MR) is 143 cm³/mol. The molecule has 0 aromatic heterocycles. The van der Waals surface area contributed by atoms with E-state index >= 15 is 0 Å². The molecule has 0 atom stereocenters. The number of rotatable bonds is 8. The second-order valence-electron chi connectivity index (χ2n) is 7.52. The van der Waals surface area contributed by atoms with Crippen molar-refractivity contribution in [3.05, 3.63) is 103 Å². The predicted octanol–water partition coefficient (Wildman–Crippen LogP) is 6.35. The Hall–Kier alpha value is -3.21. The number of ether oxygens (including phenoxy) is 2. The molecule has 0 radical (unpaired) electrons. The minimum atomic E-state index is -0.437. The number of carbonyl (C=O) groups excluding carboxylic acids is 1. The summed E-state index contributed by atoms with van der Waals surface area (Å²) in [6.45, 7) is 0.573. The van der Waals surface area contributed by atoms with E-state index in [1.807, 2.05) is 36.4 Å². The van der Waals surface area contributed by atoms with Crippen molar-refractivity contribution in [2.45, 2.75) is 13.2 Å². The molecule has 178 valence electrons. The van der Waals surface area contributed by atoms with Gasteiger partial charge >= 0.3 is 0 Å². The van der Waals surface area contributed by atoms with Crippen molar-refractivity contribution in [3.8, 4) is 11.5 Å². The van der Waals surface area contributed by atoms with E-state index < -0.39 is 4.92 Å². The minimum Gasteiger partial charge on any atom is -0.497 e. The van der Waals surface area contributed by atoms with Crippen molar-refractivity contribution < 1.29 is 19.2 Å². The average Bonchev–Trinajstić information content (AvgIpc) is 3.11. The molecule has 4 rings (SSSR count). The maximum absolute atomic E-state index is 13.0. The molecule has 0 unspecified atom stereocenters. The summed E-state index contributed by atoms with van der Waals surface area (Å²) >= 11 is 10.2. The maximum atomic E-state index is 13.0. The highest BCUT2D eigenvalue weighted by Crippen LogP contribution is 2.35. The van der Waals surface area contributed by atoms with Crippen LogP contribution in [0.4, 0.5) is 5.69 Å². The van der Waals surface area contributed by atoms with Crippen LogP contribution >= 0.6 is 39.9 Å². The van der Waals surface area contributed by atoms with E-state index in [0.717, 1.165) is 16.9 Å². The van der Waals surface area contributed by atoms with Crippen LogP contribution in [0.1, 0.15) is 16.7 Å². The van der Waals surface area contributed by atoms with E-state index in [1.165, 1.54) is 23.9 Å². The second kappa shape index (κ2) is 11.0. The van der Waals surface area contributed by atoms with Crippen molar-refractivity contribution in [3.63, 3.8) is 0 Å². The highest BCUT2D eigenvalue weighted by molar-refractivity contribution is 9.10. The van der Waals surface area contributed by atoms with E-state index in [2.05, 4.69) is 15.9 Å². The second-order valence-corrected chi connectivity index (χ2v) is 10.1. The van der Waals surface area contributed by atoms with E-state index in [1.54, 1.807) is 36.3 Å². The Morgan fingerprint density at radius 2 is 1.89 bits per heavy atom. The fourth-order valence-corrected chi connectivity index (χ4v) is 5.11. The molecular formula is C25H19BrN2O5S2. The number of halogens is 1. The van der Waals surface area contributed by atoms with E-state index in [-0.39, 0.29) is 18.2 Å². The van der Waals surface area contributed by atoms with Crippen molar-refractivity contribution in [1.82, 2.24) is 4.90 Å². The van der Waals surface area contributed by atoms with Gasteiger partial charge in [-0.05, 0) is 63.0 Å².